The maximum Gasteiger partial charge on any atom is 0.0468 e. The van der Waals surface area contributed by atoms with E-state index in [0.717, 1.165) is 6.42 Å². The molecule has 0 aliphatic carbocycles. The topological polar surface area (TPSA) is 12.0 Å². The summed E-state index contributed by atoms with van der Waals surface area (Å²) in [5.41, 5.74) is 1.34. The van der Waals surface area contributed by atoms with Crippen LogP contribution >= 0.6 is 22.7 Å². The molecule has 2 heterocycles. The van der Waals surface area contributed by atoms with Crippen LogP contribution in [-0.2, 0) is 6.42 Å². The van der Waals surface area contributed by atoms with Crippen molar-refractivity contribution in [1.82, 2.24) is 5.32 Å². The van der Waals surface area contributed by atoms with Gasteiger partial charge in [-0.1, -0.05) is 42.5 Å². The molecule has 0 saturated heterocycles. The molecule has 1 nitrogen and oxygen atoms in total. The van der Waals surface area contributed by atoms with Gasteiger partial charge in [-0.2, -0.15) is 0 Å². The van der Waals surface area contributed by atoms with E-state index < -0.39 is 0 Å². The second-order valence-corrected chi connectivity index (χ2v) is 7.16. The zero-order valence-corrected chi connectivity index (χ0v) is 13.7. The van der Waals surface area contributed by atoms with Gasteiger partial charge < -0.3 is 5.32 Å². The van der Waals surface area contributed by atoms with Crippen LogP contribution in [-0.4, -0.2) is 0 Å². The standard InChI is InChI=1S/C18H19NS2/c1-14(15-7-3-2-4-8-15)19-17(18-10-6-12-21-18)13-16-9-5-11-20-16/h2-12,14,17,19H,13H2,1H3/t14-,17?/m1/s1. The summed E-state index contributed by atoms with van der Waals surface area (Å²) in [7, 11) is 0. The van der Waals surface area contributed by atoms with E-state index in [1.807, 2.05) is 22.7 Å². The van der Waals surface area contributed by atoms with Gasteiger partial charge in [-0.05, 0) is 35.4 Å². The van der Waals surface area contributed by atoms with Gasteiger partial charge in [0.05, 0.1) is 0 Å². The van der Waals surface area contributed by atoms with Crippen molar-refractivity contribution >= 4 is 22.7 Å². The summed E-state index contributed by atoms with van der Waals surface area (Å²) in [6, 6.07) is 20.1. The average molecular weight is 313 g/mol. The van der Waals surface area contributed by atoms with Crippen LogP contribution in [0.5, 0.6) is 0 Å². The predicted molar refractivity (Wildman–Crippen MR) is 93.1 cm³/mol. The Balaban J connectivity index is 1.76. The van der Waals surface area contributed by atoms with Crippen molar-refractivity contribution < 1.29 is 0 Å². The first-order chi connectivity index (χ1) is 10.3. The molecule has 0 bridgehead atoms. The molecule has 2 atom stereocenters. The molecule has 1 N–H and O–H groups in total. The molecule has 1 unspecified atom stereocenters. The van der Waals surface area contributed by atoms with Crippen LogP contribution in [0.3, 0.4) is 0 Å². The molecule has 1 aromatic carbocycles. The fraction of sp³-hybridized carbons (Fsp3) is 0.222. The monoisotopic (exact) mass is 313 g/mol. The Kier molecular flexibility index (Phi) is 4.86. The minimum Gasteiger partial charge on any atom is -0.302 e. The molecule has 0 saturated carbocycles. The summed E-state index contributed by atoms with van der Waals surface area (Å²) in [5, 5.41) is 8.10. The fourth-order valence-electron chi connectivity index (χ4n) is 2.50. The largest absolute Gasteiger partial charge is 0.302 e. The first kappa shape index (κ1) is 14.5. The normalized spacial score (nSPS) is 14.0. The molecule has 3 rings (SSSR count). The lowest BCUT2D eigenvalue weighted by Crippen LogP contribution is -2.25. The summed E-state index contributed by atoms with van der Waals surface area (Å²) < 4.78 is 0. The van der Waals surface area contributed by atoms with E-state index >= 15 is 0 Å². The zero-order valence-electron chi connectivity index (χ0n) is 12.0. The molecular formula is C18H19NS2. The Bertz CT molecular complexity index is 629. The Labute approximate surface area is 134 Å². The highest BCUT2D eigenvalue weighted by Gasteiger charge is 2.17. The van der Waals surface area contributed by atoms with Gasteiger partial charge in [0.15, 0.2) is 0 Å². The molecular weight excluding hydrogens is 294 g/mol. The molecule has 108 valence electrons. The zero-order chi connectivity index (χ0) is 14.5. The van der Waals surface area contributed by atoms with Gasteiger partial charge in [-0.25, -0.2) is 0 Å². The highest BCUT2D eigenvalue weighted by Crippen LogP contribution is 2.27. The lowest BCUT2D eigenvalue weighted by atomic mass is 10.1. The Morgan fingerprint density at radius 1 is 0.905 bits per heavy atom. The van der Waals surface area contributed by atoms with Crippen molar-refractivity contribution in [2.45, 2.75) is 25.4 Å². The number of thiophene rings is 2. The maximum absolute atomic E-state index is 3.79. The van der Waals surface area contributed by atoms with E-state index in [1.165, 1.54) is 15.3 Å². The van der Waals surface area contributed by atoms with Crippen molar-refractivity contribution in [2.24, 2.45) is 0 Å². The summed E-state index contributed by atoms with van der Waals surface area (Å²) in [6.45, 7) is 2.24. The first-order valence-electron chi connectivity index (χ1n) is 7.19. The molecule has 0 radical (unpaired) electrons. The number of hydrogen-bond acceptors (Lipinski definition) is 3. The quantitative estimate of drug-likeness (QED) is 0.638. The highest BCUT2D eigenvalue weighted by atomic mass is 32.1. The van der Waals surface area contributed by atoms with Crippen LogP contribution in [0.1, 0.15) is 34.3 Å². The van der Waals surface area contributed by atoms with E-state index in [2.05, 4.69) is 77.6 Å². The molecule has 0 amide bonds. The summed E-state index contributed by atoms with van der Waals surface area (Å²) in [6.07, 6.45) is 1.05. The van der Waals surface area contributed by atoms with Crippen LogP contribution in [0.4, 0.5) is 0 Å². The Morgan fingerprint density at radius 2 is 1.67 bits per heavy atom. The number of hydrogen-bond donors (Lipinski definition) is 1. The minimum absolute atomic E-state index is 0.346. The average Bonchev–Trinajstić information content (AvgIpc) is 3.21. The van der Waals surface area contributed by atoms with Gasteiger partial charge in [-0.15, -0.1) is 22.7 Å². The highest BCUT2D eigenvalue weighted by molar-refractivity contribution is 7.10. The van der Waals surface area contributed by atoms with Crippen molar-refractivity contribution in [2.75, 3.05) is 0 Å². The molecule has 0 aliphatic rings. The second-order valence-electron chi connectivity index (χ2n) is 5.15. The van der Waals surface area contributed by atoms with Crippen LogP contribution in [0.2, 0.25) is 0 Å². The van der Waals surface area contributed by atoms with E-state index in [1.54, 1.807) is 0 Å². The van der Waals surface area contributed by atoms with Gasteiger partial charge in [0.25, 0.3) is 0 Å². The predicted octanol–water partition coefficient (Wildman–Crippen LogP) is 5.44. The van der Waals surface area contributed by atoms with Crippen molar-refractivity contribution in [1.29, 1.82) is 0 Å². The lowest BCUT2D eigenvalue weighted by Gasteiger charge is -2.22. The number of benzene rings is 1. The van der Waals surface area contributed by atoms with Crippen LogP contribution in [0.25, 0.3) is 0 Å². The molecule has 0 fully saturated rings. The molecule has 3 heteroatoms. The number of rotatable bonds is 6. The van der Waals surface area contributed by atoms with Crippen molar-refractivity contribution in [3.05, 3.63) is 80.7 Å². The van der Waals surface area contributed by atoms with Gasteiger partial charge in [0, 0.05) is 28.3 Å². The summed E-state index contributed by atoms with van der Waals surface area (Å²) >= 11 is 3.67. The SMILES string of the molecule is C[C@@H](NC(Cc1cccs1)c1cccs1)c1ccccc1. The molecule has 0 spiro atoms. The molecule has 3 aromatic rings. The minimum atomic E-state index is 0.346. The summed E-state index contributed by atoms with van der Waals surface area (Å²) in [5.74, 6) is 0. The smallest absolute Gasteiger partial charge is 0.0468 e. The van der Waals surface area contributed by atoms with Crippen molar-refractivity contribution in [3.63, 3.8) is 0 Å². The third-order valence-electron chi connectivity index (χ3n) is 3.62. The first-order valence-corrected chi connectivity index (χ1v) is 8.95. The fourth-order valence-corrected chi connectivity index (χ4v) is 4.04. The van der Waals surface area contributed by atoms with Crippen LogP contribution in [0.15, 0.2) is 65.4 Å². The van der Waals surface area contributed by atoms with E-state index in [9.17, 15) is 0 Å². The Morgan fingerprint density at radius 3 is 2.33 bits per heavy atom. The summed E-state index contributed by atoms with van der Waals surface area (Å²) in [4.78, 5) is 2.84. The van der Waals surface area contributed by atoms with Crippen molar-refractivity contribution in [3.8, 4) is 0 Å². The maximum atomic E-state index is 3.79. The second kappa shape index (κ2) is 7.03. The van der Waals surface area contributed by atoms with Gasteiger partial charge in [-0.3, -0.25) is 0 Å². The lowest BCUT2D eigenvalue weighted by molar-refractivity contribution is 0.472. The molecule has 2 aromatic heterocycles. The molecule has 0 aliphatic heterocycles. The Hall–Kier alpha value is -1.42. The van der Waals surface area contributed by atoms with E-state index in [-0.39, 0.29) is 0 Å². The number of nitrogens with one attached hydrogen (secondary N) is 1. The van der Waals surface area contributed by atoms with Gasteiger partial charge >= 0.3 is 0 Å². The van der Waals surface area contributed by atoms with E-state index in [0.29, 0.717) is 12.1 Å². The van der Waals surface area contributed by atoms with Crippen LogP contribution in [0, 0.1) is 0 Å². The third kappa shape index (κ3) is 3.82. The third-order valence-corrected chi connectivity index (χ3v) is 5.51. The van der Waals surface area contributed by atoms with Gasteiger partial charge in [0.1, 0.15) is 0 Å². The van der Waals surface area contributed by atoms with E-state index in [4.69, 9.17) is 0 Å². The van der Waals surface area contributed by atoms with Crippen LogP contribution < -0.4 is 5.32 Å². The molecule has 21 heavy (non-hydrogen) atoms. The van der Waals surface area contributed by atoms with Gasteiger partial charge in [0.2, 0.25) is 0 Å².